The standard InChI is InChI=1S/C12H16N2O2/c15-8-5-10-1-2-12(13-9-10)14-6-3-11(16)4-7-14/h1-2,8-9,11,16H,3-7H2. The number of hydrogen-bond acceptors (Lipinski definition) is 4. The molecular weight excluding hydrogens is 204 g/mol. The number of pyridine rings is 1. The molecular formula is C12H16N2O2. The molecule has 1 N–H and O–H groups in total. The molecule has 1 saturated heterocycles. The summed E-state index contributed by atoms with van der Waals surface area (Å²) in [5.74, 6) is 0.932. The van der Waals surface area contributed by atoms with E-state index in [-0.39, 0.29) is 6.10 Å². The van der Waals surface area contributed by atoms with Gasteiger partial charge in [-0.05, 0) is 24.5 Å². The molecule has 1 aromatic rings. The van der Waals surface area contributed by atoms with Crippen LogP contribution in [0.2, 0.25) is 0 Å². The summed E-state index contributed by atoms with van der Waals surface area (Å²) >= 11 is 0. The second-order valence-electron chi connectivity index (χ2n) is 4.11. The maximum Gasteiger partial charge on any atom is 0.128 e. The molecule has 4 nitrogen and oxygen atoms in total. The highest BCUT2D eigenvalue weighted by molar-refractivity contribution is 5.55. The van der Waals surface area contributed by atoms with Gasteiger partial charge in [0, 0.05) is 25.7 Å². The lowest BCUT2D eigenvalue weighted by Gasteiger charge is -2.30. The minimum Gasteiger partial charge on any atom is -0.393 e. The van der Waals surface area contributed by atoms with Crippen molar-refractivity contribution in [3.05, 3.63) is 23.9 Å². The van der Waals surface area contributed by atoms with Crippen LogP contribution in [0.25, 0.3) is 0 Å². The summed E-state index contributed by atoms with van der Waals surface area (Å²) in [6, 6.07) is 3.87. The molecule has 0 atom stereocenters. The van der Waals surface area contributed by atoms with Crippen LogP contribution in [0.5, 0.6) is 0 Å². The Bertz CT molecular complexity index is 343. The van der Waals surface area contributed by atoms with E-state index < -0.39 is 0 Å². The van der Waals surface area contributed by atoms with E-state index in [0.717, 1.165) is 43.6 Å². The third-order valence-corrected chi connectivity index (χ3v) is 2.92. The summed E-state index contributed by atoms with van der Waals surface area (Å²) in [5, 5.41) is 9.40. The number of piperidine rings is 1. The third-order valence-electron chi connectivity index (χ3n) is 2.92. The molecule has 4 heteroatoms. The molecule has 0 spiro atoms. The molecule has 1 fully saturated rings. The Hall–Kier alpha value is -1.42. The molecule has 1 aromatic heterocycles. The van der Waals surface area contributed by atoms with Crippen LogP contribution in [0.1, 0.15) is 18.4 Å². The first-order valence-electron chi connectivity index (χ1n) is 5.61. The maximum atomic E-state index is 10.3. The van der Waals surface area contributed by atoms with Crippen molar-refractivity contribution < 1.29 is 9.90 Å². The second-order valence-corrected chi connectivity index (χ2v) is 4.11. The Labute approximate surface area is 94.9 Å². The number of aliphatic hydroxyl groups is 1. The number of aliphatic hydroxyl groups excluding tert-OH is 1. The first-order chi connectivity index (χ1) is 7.79. The van der Waals surface area contributed by atoms with E-state index in [1.54, 1.807) is 6.20 Å². The first kappa shape index (κ1) is 11.1. The Morgan fingerprint density at radius 3 is 2.75 bits per heavy atom. The Kier molecular flexibility index (Phi) is 3.51. The van der Waals surface area contributed by atoms with Gasteiger partial charge in [0.05, 0.1) is 6.10 Å². The third kappa shape index (κ3) is 2.58. The number of anilines is 1. The fourth-order valence-corrected chi connectivity index (χ4v) is 1.92. The number of hydrogen-bond donors (Lipinski definition) is 1. The number of aromatic nitrogens is 1. The topological polar surface area (TPSA) is 53.4 Å². The van der Waals surface area contributed by atoms with Gasteiger partial charge in [0.1, 0.15) is 12.1 Å². The lowest BCUT2D eigenvalue weighted by atomic mass is 10.1. The zero-order valence-electron chi connectivity index (χ0n) is 9.17. The smallest absolute Gasteiger partial charge is 0.128 e. The van der Waals surface area contributed by atoms with Crippen LogP contribution in [0.15, 0.2) is 18.3 Å². The van der Waals surface area contributed by atoms with Crippen LogP contribution in [0.3, 0.4) is 0 Å². The van der Waals surface area contributed by atoms with Gasteiger partial charge in [-0.25, -0.2) is 4.98 Å². The number of carbonyl (C=O) groups excluding carboxylic acids is 1. The fraction of sp³-hybridized carbons (Fsp3) is 0.500. The Balaban J connectivity index is 2.01. The van der Waals surface area contributed by atoms with E-state index in [2.05, 4.69) is 9.88 Å². The molecule has 0 radical (unpaired) electrons. The molecule has 1 aliphatic rings. The first-order valence-corrected chi connectivity index (χ1v) is 5.61. The molecule has 0 amide bonds. The SMILES string of the molecule is O=CCc1ccc(N2CCC(O)CC2)nc1. The normalized spacial score (nSPS) is 17.4. The van der Waals surface area contributed by atoms with Crippen molar-refractivity contribution >= 4 is 12.1 Å². The average Bonchev–Trinajstić information content (AvgIpc) is 2.32. The van der Waals surface area contributed by atoms with Crippen molar-refractivity contribution in [1.29, 1.82) is 0 Å². The molecule has 16 heavy (non-hydrogen) atoms. The molecule has 1 aliphatic heterocycles. The zero-order valence-corrected chi connectivity index (χ0v) is 9.17. The van der Waals surface area contributed by atoms with E-state index >= 15 is 0 Å². The van der Waals surface area contributed by atoms with Crippen molar-refractivity contribution in [1.82, 2.24) is 4.98 Å². The highest BCUT2D eigenvalue weighted by Gasteiger charge is 2.17. The van der Waals surface area contributed by atoms with Crippen LogP contribution in [0, 0.1) is 0 Å². The van der Waals surface area contributed by atoms with E-state index in [1.807, 2.05) is 12.1 Å². The van der Waals surface area contributed by atoms with Gasteiger partial charge >= 0.3 is 0 Å². The van der Waals surface area contributed by atoms with Crippen LogP contribution in [-0.4, -0.2) is 35.6 Å². The van der Waals surface area contributed by atoms with Crippen molar-refractivity contribution in [2.24, 2.45) is 0 Å². The highest BCUT2D eigenvalue weighted by atomic mass is 16.3. The lowest BCUT2D eigenvalue weighted by Crippen LogP contribution is -2.36. The second kappa shape index (κ2) is 5.07. The zero-order chi connectivity index (χ0) is 11.4. The van der Waals surface area contributed by atoms with Gasteiger partial charge in [-0.3, -0.25) is 0 Å². The molecule has 0 aliphatic carbocycles. The number of aldehydes is 1. The van der Waals surface area contributed by atoms with Gasteiger partial charge in [0.2, 0.25) is 0 Å². The summed E-state index contributed by atoms with van der Waals surface area (Å²) < 4.78 is 0. The summed E-state index contributed by atoms with van der Waals surface area (Å²) in [6.07, 6.45) is 4.50. The number of rotatable bonds is 3. The number of nitrogens with zero attached hydrogens (tertiary/aromatic N) is 2. The molecule has 86 valence electrons. The molecule has 0 aromatic carbocycles. The Morgan fingerprint density at radius 1 is 1.44 bits per heavy atom. The molecule has 0 unspecified atom stereocenters. The summed E-state index contributed by atoms with van der Waals surface area (Å²) in [4.78, 5) is 16.8. The van der Waals surface area contributed by atoms with Gasteiger partial charge < -0.3 is 14.8 Å². The van der Waals surface area contributed by atoms with Crippen LogP contribution >= 0.6 is 0 Å². The maximum absolute atomic E-state index is 10.3. The monoisotopic (exact) mass is 220 g/mol. The van der Waals surface area contributed by atoms with Crippen LogP contribution < -0.4 is 4.90 Å². The lowest BCUT2D eigenvalue weighted by molar-refractivity contribution is -0.107. The number of carbonyl (C=O) groups is 1. The predicted octanol–water partition coefficient (Wildman–Crippen LogP) is 0.784. The minimum absolute atomic E-state index is 0.161. The van der Waals surface area contributed by atoms with E-state index in [0.29, 0.717) is 6.42 Å². The van der Waals surface area contributed by atoms with Gasteiger partial charge in [0.25, 0.3) is 0 Å². The summed E-state index contributed by atoms with van der Waals surface area (Å²) in [6.45, 7) is 1.70. The van der Waals surface area contributed by atoms with Crippen molar-refractivity contribution in [3.63, 3.8) is 0 Å². The van der Waals surface area contributed by atoms with Crippen LogP contribution in [0.4, 0.5) is 5.82 Å². The van der Waals surface area contributed by atoms with Gasteiger partial charge in [-0.1, -0.05) is 6.07 Å². The molecule has 0 saturated carbocycles. The van der Waals surface area contributed by atoms with Gasteiger partial charge in [0.15, 0.2) is 0 Å². The highest BCUT2D eigenvalue weighted by Crippen LogP contribution is 2.17. The van der Waals surface area contributed by atoms with Gasteiger partial charge in [-0.15, -0.1) is 0 Å². The van der Waals surface area contributed by atoms with Crippen LogP contribution in [-0.2, 0) is 11.2 Å². The van der Waals surface area contributed by atoms with E-state index in [4.69, 9.17) is 0 Å². The Morgan fingerprint density at radius 2 is 2.19 bits per heavy atom. The van der Waals surface area contributed by atoms with Gasteiger partial charge in [-0.2, -0.15) is 0 Å². The summed E-state index contributed by atoms with van der Waals surface area (Å²) in [5.41, 5.74) is 0.941. The van der Waals surface area contributed by atoms with Crippen molar-refractivity contribution in [2.75, 3.05) is 18.0 Å². The largest absolute Gasteiger partial charge is 0.393 e. The summed E-state index contributed by atoms with van der Waals surface area (Å²) in [7, 11) is 0. The van der Waals surface area contributed by atoms with E-state index in [9.17, 15) is 9.90 Å². The predicted molar refractivity (Wildman–Crippen MR) is 61.5 cm³/mol. The average molecular weight is 220 g/mol. The van der Waals surface area contributed by atoms with Crippen molar-refractivity contribution in [2.45, 2.75) is 25.4 Å². The molecule has 2 rings (SSSR count). The van der Waals surface area contributed by atoms with Crippen molar-refractivity contribution in [3.8, 4) is 0 Å². The quantitative estimate of drug-likeness (QED) is 0.765. The molecule has 2 heterocycles. The van der Waals surface area contributed by atoms with E-state index in [1.165, 1.54) is 0 Å². The molecule has 0 bridgehead atoms. The minimum atomic E-state index is -0.161. The fourth-order valence-electron chi connectivity index (χ4n) is 1.92.